The Balaban J connectivity index is 2.21. The number of carbonyl (C=O) groups excluding carboxylic acids is 1. The minimum Gasteiger partial charge on any atom is -0.481 e. The van der Waals surface area contributed by atoms with Crippen LogP contribution in [0.2, 0.25) is 0 Å². The maximum atomic E-state index is 11.4. The zero-order valence-electron chi connectivity index (χ0n) is 9.10. The van der Waals surface area contributed by atoms with E-state index in [1.165, 1.54) is 0 Å². The molecule has 0 aliphatic carbocycles. The van der Waals surface area contributed by atoms with E-state index in [2.05, 4.69) is 21.2 Å². The van der Waals surface area contributed by atoms with Crippen LogP contribution in [0.15, 0.2) is 17.3 Å². The number of hydrogen-bond acceptors (Lipinski definition) is 4. The van der Waals surface area contributed by atoms with Crippen LogP contribution in [0, 0.1) is 0 Å². The molecule has 1 unspecified atom stereocenters. The Morgan fingerprint density at radius 1 is 1.50 bits per heavy atom. The van der Waals surface area contributed by atoms with Crippen LogP contribution in [-0.4, -0.2) is 37.1 Å². The quantitative estimate of drug-likeness (QED) is 0.650. The van der Waals surface area contributed by atoms with Crippen molar-refractivity contribution in [2.45, 2.75) is 5.16 Å². The summed E-state index contributed by atoms with van der Waals surface area (Å²) in [6.07, 6.45) is 0. The molecule has 0 bridgehead atoms. The molecule has 1 aromatic heterocycles. The average molecular weight is 267 g/mol. The number of ether oxygens (including phenoxy) is 1. The molecule has 1 aliphatic heterocycles. The third kappa shape index (κ3) is 1.71. The lowest BCUT2D eigenvalue weighted by Crippen LogP contribution is -2.25. The second-order valence-corrected chi connectivity index (χ2v) is 5.55. The van der Waals surface area contributed by atoms with Crippen LogP contribution in [0.4, 0.5) is 5.69 Å². The van der Waals surface area contributed by atoms with Gasteiger partial charge in [-0.05, 0) is 11.9 Å². The highest BCUT2D eigenvalue weighted by Gasteiger charge is 2.19. The van der Waals surface area contributed by atoms with Gasteiger partial charge in [0.05, 0.1) is 16.7 Å². The Morgan fingerprint density at radius 2 is 2.28 bits per heavy atom. The van der Waals surface area contributed by atoms with E-state index in [4.69, 9.17) is 4.74 Å². The monoisotopic (exact) mass is 267 g/mol. The summed E-state index contributed by atoms with van der Waals surface area (Å²) in [6, 6.07) is 3.19. The molecule has 1 amide bonds. The van der Waals surface area contributed by atoms with Crippen molar-refractivity contribution in [3.8, 4) is 5.75 Å². The third-order valence-electron chi connectivity index (χ3n) is 2.50. The van der Waals surface area contributed by atoms with Crippen molar-refractivity contribution in [2.75, 3.05) is 11.9 Å². The van der Waals surface area contributed by atoms with Gasteiger partial charge in [-0.2, -0.15) is 0 Å². The van der Waals surface area contributed by atoms with Gasteiger partial charge < -0.3 is 19.6 Å². The first-order valence-electron chi connectivity index (χ1n) is 4.99. The molecule has 1 atom stereocenters. The summed E-state index contributed by atoms with van der Waals surface area (Å²) in [4.78, 5) is 17.8. The number of nitrogens with one attached hydrogen (secondary N) is 2. The Hall–Kier alpha value is -2.06. The molecule has 2 heterocycles. The summed E-state index contributed by atoms with van der Waals surface area (Å²) in [5.41, 5.74) is 1.51. The fourth-order valence-corrected chi connectivity index (χ4v) is 2.22. The van der Waals surface area contributed by atoms with Crippen LogP contribution in [0.3, 0.4) is 0 Å². The number of aromatic amines is 1. The van der Waals surface area contributed by atoms with E-state index < -0.39 is 9.80 Å². The van der Waals surface area contributed by atoms with Crippen molar-refractivity contribution in [1.82, 2.24) is 9.97 Å². The summed E-state index contributed by atoms with van der Waals surface area (Å²) < 4.78 is 25.9. The fraction of sp³-hybridized carbons (Fsp3) is 0.100. The molecule has 0 fully saturated rings. The van der Waals surface area contributed by atoms with Gasteiger partial charge in [-0.15, -0.1) is 0 Å². The van der Waals surface area contributed by atoms with Crippen molar-refractivity contribution in [1.29, 1.82) is 0 Å². The zero-order valence-corrected chi connectivity index (χ0v) is 9.91. The fourth-order valence-electron chi connectivity index (χ4n) is 1.71. The predicted molar refractivity (Wildman–Crippen MR) is 66.4 cm³/mol. The van der Waals surface area contributed by atoms with Crippen molar-refractivity contribution < 1.29 is 18.3 Å². The van der Waals surface area contributed by atoms with E-state index in [1.54, 1.807) is 12.1 Å². The Morgan fingerprint density at radius 3 is 3.00 bits per heavy atom. The van der Waals surface area contributed by atoms with E-state index in [1.807, 2.05) is 0 Å². The number of H-pyrrole nitrogens is 1. The van der Waals surface area contributed by atoms with E-state index in [0.29, 0.717) is 22.5 Å². The van der Waals surface area contributed by atoms with Crippen LogP contribution in [-0.2, 0) is 14.6 Å². The first-order chi connectivity index (χ1) is 8.43. The summed E-state index contributed by atoms with van der Waals surface area (Å²) in [5.74, 6) is 3.37. The zero-order chi connectivity index (χ0) is 12.9. The van der Waals surface area contributed by atoms with E-state index >= 15 is 0 Å². The third-order valence-corrected chi connectivity index (χ3v) is 3.29. The average Bonchev–Trinajstić information content (AvgIpc) is 2.68. The maximum Gasteiger partial charge on any atom is 0.262 e. The van der Waals surface area contributed by atoms with E-state index in [9.17, 15) is 13.6 Å². The maximum absolute atomic E-state index is 11.4. The van der Waals surface area contributed by atoms with Gasteiger partial charge in [0.2, 0.25) is 5.16 Å². The number of imidazole rings is 1. The lowest BCUT2D eigenvalue weighted by atomic mass is 10.2. The van der Waals surface area contributed by atoms with E-state index in [0.717, 1.165) is 0 Å². The molecule has 18 heavy (non-hydrogen) atoms. The number of fused-ring (bicyclic) bond motifs is 2. The predicted octanol–water partition coefficient (Wildman–Crippen LogP) is 0.442. The van der Waals surface area contributed by atoms with Gasteiger partial charge in [0.15, 0.2) is 6.61 Å². The van der Waals surface area contributed by atoms with Gasteiger partial charge in [0, 0.05) is 6.07 Å². The summed E-state index contributed by atoms with van der Waals surface area (Å²) >= 11 is 0. The molecule has 3 N–H and O–H groups in total. The molecule has 0 spiro atoms. The molecule has 0 saturated heterocycles. The van der Waals surface area contributed by atoms with Gasteiger partial charge in [-0.1, -0.05) is 0 Å². The molecule has 3 rings (SSSR count). The lowest BCUT2D eigenvalue weighted by molar-refractivity contribution is -0.118. The molecule has 94 valence electrons. The van der Waals surface area contributed by atoms with Gasteiger partial charge in [-0.3, -0.25) is 4.79 Å². The molecule has 8 heteroatoms. The minimum atomic E-state index is -3.39. The molecule has 0 saturated carbocycles. The van der Waals surface area contributed by atoms with Crippen LogP contribution in [0.5, 0.6) is 5.75 Å². The number of hydrogen-bond donors (Lipinski definition) is 3. The number of benzene rings is 1. The van der Waals surface area contributed by atoms with Crippen LogP contribution < -0.4 is 10.1 Å². The smallest absolute Gasteiger partial charge is 0.262 e. The number of nitrogens with zero attached hydrogens (tertiary/aromatic N) is 1. The molecule has 2 aromatic rings. The van der Waals surface area contributed by atoms with Gasteiger partial charge in [0.1, 0.15) is 15.6 Å². The first kappa shape index (κ1) is 11.1. The molecule has 1 aromatic carbocycles. The highest BCUT2D eigenvalue weighted by atomic mass is 32.2. The number of aromatic nitrogens is 2. The Kier molecular flexibility index (Phi) is 2.13. The van der Waals surface area contributed by atoms with Gasteiger partial charge >= 0.3 is 0 Å². The molecule has 7 nitrogen and oxygen atoms in total. The minimum absolute atomic E-state index is 0.0537. The number of amides is 1. The molecule has 0 radical (unpaired) electrons. The van der Waals surface area contributed by atoms with Crippen LogP contribution in [0.1, 0.15) is 0 Å². The van der Waals surface area contributed by atoms with Gasteiger partial charge in [-0.25, -0.2) is 9.19 Å². The number of anilines is 1. The SMILES string of the molecule is C=S(=O)(O)c1nc2cc3c(cc2[nH]1)NC(=O)CO3. The first-order valence-corrected chi connectivity index (χ1v) is 6.68. The summed E-state index contributed by atoms with van der Waals surface area (Å²) in [5, 5.41) is 2.53. The lowest BCUT2D eigenvalue weighted by Gasteiger charge is -2.17. The number of carbonyl (C=O) groups is 1. The van der Waals surface area contributed by atoms with Crippen molar-refractivity contribution >= 4 is 38.3 Å². The standard InChI is InChI=1S/C10H9N3O4S/c1-18(15,16)10-12-5-2-7-8(3-6(5)13-10)17-4-9(14)11-7/h2-3H,1,4H2,(H,11,14)(H,12,13)(H,15,16). The van der Waals surface area contributed by atoms with Crippen LogP contribution >= 0.6 is 0 Å². The Bertz CT molecular complexity index is 763. The normalized spacial score (nSPS) is 17.7. The Labute approximate surface area is 102 Å². The molecule has 1 aliphatic rings. The van der Waals surface area contributed by atoms with Gasteiger partial charge in [0.25, 0.3) is 5.91 Å². The summed E-state index contributed by atoms with van der Waals surface area (Å²) in [7, 11) is -3.39. The largest absolute Gasteiger partial charge is 0.481 e. The highest BCUT2D eigenvalue weighted by molar-refractivity contribution is 7.94. The number of rotatable bonds is 1. The molecular weight excluding hydrogens is 258 g/mol. The van der Waals surface area contributed by atoms with Crippen molar-refractivity contribution in [2.24, 2.45) is 0 Å². The van der Waals surface area contributed by atoms with Crippen molar-refractivity contribution in [3.05, 3.63) is 12.1 Å². The second-order valence-electron chi connectivity index (χ2n) is 3.88. The second kappa shape index (κ2) is 3.47. The van der Waals surface area contributed by atoms with Crippen molar-refractivity contribution in [3.63, 3.8) is 0 Å². The van der Waals surface area contributed by atoms with Crippen LogP contribution in [0.25, 0.3) is 11.0 Å². The topological polar surface area (TPSA) is 104 Å². The van der Waals surface area contributed by atoms with E-state index in [-0.39, 0.29) is 17.7 Å². The molecular formula is C10H9N3O4S. The highest BCUT2D eigenvalue weighted by Crippen LogP contribution is 2.31. The summed E-state index contributed by atoms with van der Waals surface area (Å²) in [6.45, 7) is -0.0537.